The Hall–Kier alpha value is -2.67. The lowest BCUT2D eigenvalue weighted by atomic mass is 9.76. The van der Waals surface area contributed by atoms with Crippen LogP contribution in [-0.2, 0) is 22.4 Å². The molecule has 2 atom stereocenters. The number of benzene rings is 1. The van der Waals surface area contributed by atoms with Crippen LogP contribution in [0.25, 0.3) is 0 Å². The van der Waals surface area contributed by atoms with Crippen LogP contribution in [0, 0.1) is 11.3 Å². The highest BCUT2D eigenvalue weighted by molar-refractivity contribution is 5.77. The van der Waals surface area contributed by atoms with Crippen molar-refractivity contribution in [1.29, 1.82) is 0 Å². The van der Waals surface area contributed by atoms with Gasteiger partial charge in [0.25, 0.3) is 0 Å². The average Bonchev–Trinajstić information content (AvgIpc) is 3.40. The number of aliphatic carboxylic acids is 1. The normalized spacial score (nSPS) is 24.0. The lowest BCUT2D eigenvalue weighted by molar-refractivity contribution is -0.138. The number of hydrogen-bond acceptors (Lipinski definition) is 4. The van der Waals surface area contributed by atoms with Crippen molar-refractivity contribution in [2.45, 2.75) is 25.7 Å². The highest BCUT2D eigenvalue weighted by atomic mass is 16.4. The van der Waals surface area contributed by atoms with Gasteiger partial charge in [0.2, 0.25) is 5.91 Å². The fourth-order valence-electron chi connectivity index (χ4n) is 5.01. The summed E-state index contributed by atoms with van der Waals surface area (Å²) in [5.41, 5.74) is 2.32. The van der Waals surface area contributed by atoms with Gasteiger partial charge in [0.1, 0.15) is 0 Å². The minimum atomic E-state index is -0.781. The zero-order chi connectivity index (χ0) is 20.3. The molecule has 2 unspecified atom stereocenters. The van der Waals surface area contributed by atoms with Crippen molar-refractivity contribution in [1.82, 2.24) is 20.0 Å². The Morgan fingerprint density at radius 2 is 1.97 bits per heavy atom. The van der Waals surface area contributed by atoms with Gasteiger partial charge in [0, 0.05) is 44.2 Å². The van der Waals surface area contributed by atoms with E-state index in [2.05, 4.69) is 34.5 Å². The number of likely N-dealkylation sites (tertiary alicyclic amines) is 2. The van der Waals surface area contributed by atoms with Crippen LogP contribution in [0.15, 0.2) is 42.7 Å². The van der Waals surface area contributed by atoms with Gasteiger partial charge in [-0.2, -0.15) is 5.10 Å². The molecule has 2 N–H and O–H groups in total. The fraction of sp³-hybridized carbons (Fsp3) is 0.500. The van der Waals surface area contributed by atoms with Crippen LogP contribution in [0.1, 0.15) is 24.0 Å². The van der Waals surface area contributed by atoms with Crippen LogP contribution in [0.5, 0.6) is 0 Å². The minimum Gasteiger partial charge on any atom is -0.480 e. The fourth-order valence-corrected chi connectivity index (χ4v) is 5.01. The number of nitrogens with zero attached hydrogens (tertiary/aromatic N) is 3. The largest absolute Gasteiger partial charge is 0.480 e. The molecular formula is C22H28N4O3. The zero-order valence-corrected chi connectivity index (χ0v) is 16.6. The van der Waals surface area contributed by atoms with Gasteiger partial charge in [-0.25, -0.2) is 0 Å². The molecule has 154 valence electrons. The Balaban J connectivity index is 1.42. The average molecular weight is 396 g/mol. The highest BCUT2D eigenvalue weighted by Crippen LogP contribution is 2.46. The summed E-state index contributed by atoms with van der Waals surface area (Å²) in [4.78, 5) is 28.1. The molecule has 2 aliphatic rings. The van der Waals surface area contributed by atoms with Crippen molar-refractivity contribution in [2.24, 2.45) is 11.3 Å². The van der Waals surface area contributed by atoms with E-state index < -0.39 is 5.97 Å². The van der Waals surface area contributed by atoms with Gasteiger partial charge in [0.15, 0.2) is 0 Å². The molecule has 29 heavy (non-hydrogen) atoms. The second kappa shape index (κ2) is 8.37. The van der Waals surface area contributed by atoms with Crippen LogP contribution in [0.4, 0.5) is 0 Å². The monoisotopic (exact) mass is 396 g/mol. The second-order valence-corrected chi connectivity index (χ2v) is 8.49. The van der Waals surface area contributed by atoms with Gasteiger partial charge >= 0.3 is 5.97 Å². The van der Waals surface area contributed by atoms with E-state index in [1.807, 2.05) is 22.1 Å². The molecule has 2 fully saturated rings. The quantitative estimate of drug-likeness (QED) is 0.710. The topological polar surface area (TPSA) is 89.5 Å². The maximum atomic E-state index is 12.8. The van der Waals surface area contributed by atoms with Crippen LogP contribution in [0.2, 0.25) is 0 Å². The van der Waals surface area contributed by atoms with Crippen molar-refractivity contribution in [3.63, 3.8) is 0 Å². The third-order valence-corrected chi connectivity index (χ3v) is 6.48. The number of hydrogen-bond donors (Lipinski definition) is 2. The molecule has 7 heteroatoms. The van der Waals surface area contributed by atoms with Crippen LogP contribution in [0.3, 0.4) is 0 Å². The predicted octanol–water partition coefficient (Wildman–Crippen LogP) is 1.82. The number of aryl methyl sites for hydroxylation is 2. The first-order valence-corrected chi connectivity index (χ1v) is 10.3. The van der Waals surface area contributed by atoms with E-state index in [1.54, 1.807) is 6.20 Å². The molecule has 2 aliphatic heterocycles. The Morgan fingerprint density at radius 3 is 2.69 bits per heavy atom. The summed E-state index contributed by atoms with van der Waals surface area (Å²) in [6, 6.07) is 10.4. The van der Waals surface area contributed by atoms with Crippen molar-refractivity contribution < 1.29 is 14.7 Å². The molecule has 1 amide bonds. The first-order valence-electron chi connectivity index (χ1n) is 10.3. The third kappa shape index (κ3) is 4.50. The standard InChI is InChI=1S/C22H28N4O3/c27-20(7-6-18-10-23-24-11-18)26-13-19-12-25(14-21(28)29)15-22(19,16-26)9-8-17-4-2-1-3-5-17/h1-5,10-11,19H,6-9,12-16H2,(H,23,24)(H,28,29). The molecule has 7 nitrogen and oxygen atoms in total. The van der Waals surface area contributed by atoms with E-state index in [-0.39, 0.29) is 17.9 Å². The van der Waals surface area contributed by atoms with Crippen molar-refractivity contribution in [3.8, 4) is 0 Å². The summed E-state index contributed by atoms with van der Waals surface area (Å²) < 4.78 is 0. The van der Waals surface area contributed by atoms with E-state index in [4.69, 9.17) is 0 Å². The first-order chi connectivity index (χ1) is 14.0. The summed E-state index contributed by atoms with van der Waals surface area (Å²) in [5.74, 6) is -0.260. The number of fused-ring (bicyclic) bond motifs is 1. The van der Waals surface area contributed by atoms with Gasteiger partial charge < -0.3 is 10.0 Å². The highest BCUT2D eigenvalue weighted by Gasteiger charge is 2.52. The molecule has 2 aromatic rings. The van der Waals surface area contributed by atoms with Gasteiger partial charge in [-0.15, -0.1) is 0 Å². The Bertz CT molecular complexity index is 839. The van der Waals surface area contributed by atoms with Gasteiger partial charge in [-0.3, -0.25) is 19.6 Å². The Morgan fingerprint density at radius 1 is 1.14 bits per heavy atom. The number of carbonyl (C=O) groups excluding carboxylic acids is 1. The number of carboxylic acids is 1. The lowest BCUT2D eigenvalue weighted by Gasteiger charge is -2.29. The second-order valence-electron chi connectivity index (χ2n) is 8.49. The molecule has 0 saturated carbocycles. The molecule has 0 aliphatic carbocycles. The first kappa shape index (κ1) is 19.6. The van der Waals surface area contributed by atoms with E-state index >= 15 is 0 Å². The van der Waals surface area contributed by atoms with E-state index in [9.17, 15) is 14.7 Å². The predicted molar refractivity (Wildman–Crippen MR) is 108 cm³/mol. The minimum absolute atomic E-state index is 0.0173. The summed E-state index contributed by atoms with van der Waals surface area (Å²) in [6.45, 7) is 3.05. The van der Waals surface area contributed by atoms with Gasteiger partial charge in [0.05, 0.1) is 12.7 Å². The van der Waals surface area contributed by atoms with Crippen LogP contribution < -0.4 is 0 Å². The maximum Gasteiger partial charge on any atom is 0.317 e. The number of aromatic amines is 1. The van der Waals surface area contributed by atoms with Gasteiger partial charge in [-0.1, -0.05) is 30.3 Å². The molecule has 1 aromatic carbocycles. The number of H-pyrrole nitrogens is 1. The molecule has 0 bridgehead atoms. The van der Waals surface area contributed by atoms with Crippen molar-refractivity contribution >= 4 is 11.9 Å². The van der Waals surface area contributed by atoms with E-state index in [0.29, 0.717) is 18.8 Å². The van der Waals surface area contributed by atoms with Crippen LogP contribution >= 0.6 is 0 Å². The Labute approximate surface area is 170 Å². The molecule has 3 heterocycles. The Kier molecular flexibility index (Phi) is 5.67. The molecule has 0 spiro atoms. The number of amides is 1. The van der Waals surface area contributed by atoms with E-state index in [0.717, 1.165) is 44.6 Å². The summed E-state index contributed by atoms with van der Waals surface area (Å²) >= 11 is 0. The lowest BCUT2D eigenvalue weighted by Crippen LogP contribution is -2.38. The summed E-state index contributed by atoms with van der Waals surface area (Å²) in [5, 5.41) is 15.9. The molecule has 1 aromatic heterocycles. The van der Waals surface area contributed by atoms with Gasteiger partial charge in [-0.05, 0) is 36.3 Å². The van der Waals surface area contributed by atoms with Crippen molar-refractivity contribution in [3.05, 3.63) is 53.9 Å². The number of aromatic nitrogens is 2. The number of carboxylic acid groups (broad SMARTS) is 1. The molecular weight excluding hydrogens is 368 g/mol. The zero-order valence-electron chi connectivity index (χ0n) is 16.6. The molecule has 0 radical (unpaired) electrons. The van der Waals surface area contributed by atoms with Crippen LogP contribution in [-0.4, -0.2) is 69.7 Å². The summed E-state index contributed by atoms with van der Waals surface area (Å²) in [6.07, 6.45) is 6.70. The smallest absolute Gasteiger partial charge is 0.317 e. The molecule has 4 rings (SSSR count). The summed E-state index contributed by atoms with van der Waals surface area (Å²) in [7, 11) is 0. The SMILES string of the molecule is O=C(O)CN1CC2CN(C(=O)CCc3cn[nH]c3)CC2(CCc2ccccc2)C1. The molecule has 2 saturated heterocycles. The third-order valence-electron chi connectivity index (χ3n) is 6.48. The maximum absolute atomic E-state index is 12.8. The number of nitrogens with one attached hydrogen (secondary N) is 1. The number of rotatable bonds is 8. The van der Waals surface area contributed by atoms with E-state index in [1.165, 1.54) is 5.56 Å². The van der Waals surface area contributed by atoms with Crippen molar-refractivity contribution in [2.75, 3.05) is 32.7 Å². The number of carbonyl (C=O) groups is 2.